The number of nitrogens with zero attached hydrogens (tertiary/aromatic N) is 2. The van der Waals surface area contributed by atoms with Crippen molar-refractivity contribution in [1.82, 2.24) is 4.90 Å². The van der Waals surface area contributed by atoms with Crippen LogP contribution in [0.3, 0.4) is 0 Å². The van der Waals surface area contributed by atoms with Crippen LogP contribution in [0.15, 0.2) is 4.99 Å². The van der Waals surface area contributed by atoms with Gasteiger partial charge in [-0.1, -0.05) is 0 Å². The molecular weight excluding hydrogens is 216 g/mol. The largest absolute Gasteiger partial charge is 0.316 e. The Kier molecular flexibility index (Phi) is 2.04. The minimum atomic E-state index is -0.262. The summed E-state index contributed by atoms with van der Waals surface area (Å²) in [6.07, 6.45) is 5.32. The predicted molar refractivity (Wildman–Crippen MR) is 63.8 cm³/mol. The van der Waals surface area contributed by atoms with E-state index in [1.165, 1.54) is 0 Å². The summed E-state index contributed by atoms with van der Waals surface area (Å²) in [7, 11) is 1.85. The van der Waals surface area contributed by atoms with Crippen LogP contribution in [0.1, 0.15) is 45.4 Å². The van der Waals surface area contributed by atoms with Crippen molar-refractivity contribution >= 4 is 17.4 Å². The van der Waals surface area contributed by atoms with Gasteiger partial charge in [0.2, 0.25) is 0 Å². The highest BCUT2D eigenvalue weighted by Gasteiger charge is 2.60. The van der Waals surface area contributed by atoms with Crippen molar-refractivity contribution in [3.05, 3.63) is 0 Å². The van der Waals surface area contributed by atoms with Crippen LogP contribution in [-0.4, -0.2) is 35.0 Å². The SMILES string of the molecule is CC1=NC2(CC3(CCC(=O)CC3)C2)N(C)C1=O. The summed E-state index contributed by atoms with van der Waals surface area (Å²) in [5.41, 5.74) is 0.659. The van der Waals surface area contributed by atoms with Gasteiger partial charge in [0.05, 0.1) is 5.71 Å². The lowest BCUT2D eigenvalue weighted by atomic mass is 9.55. The molecule has 0 unspecified atom stereocenters. The first kappa shape index (κ1) is 10.9. The van der Waals surface area contributed by atoms with Gasteiger partial charge in [-0.05, 0) is 38.0 Å². The molecule has 0 bridgehead atoms. The number of rotatable bonds is 0. The van der Waals surface area contributed by atoms with E-state index >= 15 is 0 Å². The molecule has 2 aliphatic carbocycles. The Morgan fingerprint density at radius 2 is 1.76 bits per heavy atom. The first-order valence-electron chi connectivity index (χ1n) is 6.33. The number of carbonyl (C=O) groups is 2. The van der Waals surface area contributed by atoms with Gasteiger partial charge in [-0.15, -0.1) is 0 Å². The number of ketones is 1. The van der Waals surface area contributed by atoms with Crippen molar-refractivity contribution in [2.45, 2.75) is 51.1 Å². The van der Waals surface area contributed by atoms with E-state index < -0.39 is 0 Å². The number of carbonyl (C=O) groups excluding carboxylic acids is 2. The minimum absolute atomic E-state index is 0.0618. The van der Waals surface area contributed by atoms with Crippen LogP contribution >= 0.6 is 0 Å². The van der Waals surface area contributed by atoms with Crippen molar-refractivity contribution in [3.63, 3.8) is 0 Å². The highest BCUT2D eigenvalue weighted by atomic mass is 16.2. The maximum atomic E-state index is 11.8. The molecule has 17 heavy (non-hydrogen) atoms. The predicted octanol–water partition coefficient (Wildman–Crippen LogP) is 1.54. The molecule has 0 radical (unpaired) electrons. The molecule has 92 valence electrons. The maximum absolute atomic E-state index is 11.8. The zero-order valence-electron chi connectivity index (χ0n) is 10.5. The normalized spacial score (nSPS) is 29.8. The highest BCUT2D eigenvalue weighted by Crippen LogP contribution is 2.59. The van der Waals surface area contributed by atoms with Crippen LogP contribution in [0.5, 0.6) is 0 Å². The molecule has 2 fully saturated rings. The van der Waals surface area contributed by atoms with Gasteiger partial charge in [0.25, 0.3) is 5.91 Å². The minimum Gasteiger partial charge on any atom is -0.316 e. The van der Waals surface area contributed by atoms with Crippen molar-refractivity contribution in [2.75, 3.05) is 7.05 Å². The number of hydrogen-bond acceptors (Lipinski definition) is 3. The van der Waals surface area contributed by atoms with Crippen LogP contribution in [0, 0.1) is 5.41 Å². The molecule has 0 aromatic rings. The Hall–Kier alpha value is -1.19. The molecule has 2 spiro atoms. The van der Waals surface area contributed by atoms with E-state index in [0.29, 0.717) is 11.5 Å². The van der Waals surface area contributed by atoms with Crippen molar-refractivity contribution < 1.29 is 9.59 Å². The van der Waals surface area contributed by atoms with Crippen molar-refractivity contribution in [1.29, 1.82) is 0 Å². The van der Waals surface area contributed by atoms with Gasteiger partial charge in [0.15, 0.2) is 0 Å². The molecule has 0 aromatic carbocycles. The lowest BCUT2D eigenvalue weighted by molar-refractivity contribution is -0.142. The molecule has 4 heteroatoms. The topological polar surface area (TPSA) is 49.7 Å². The number of amides is 1. The van der Waals surface area contributed by atoms with Crippen LogP contribution in [0.2, 0.25) is 0 Å². The smallest absolute Gasteiger partial charge is 0.269 e. The van der Waals surface area contributed by atoms with Gasteiger partial charge >= 0.3 is 0 Å². The van der Waals surface area contributed by atoms with Gasteiger partial charge in [0.1, 0.15) is 11.4 Å². The van der Waals surface area contributed by atoms with Gasteiger partial charge in [-0.25, -0.2) is 0 Å². The van der Waals surface area contributed by atoms with Crippen LogP contribution in [0.25, 0.3) is 0 Å². The van der Waals surface area contributed by atoms with E-state index in [-0.39, 0.29) is 17.0 Å². The first-order valence-corrected chi connectivity index (χ1v) is 6.33. The standard InChI is InChI=1S/C13H18N2O2/c1-9-11(17)15(2)13(14-9)7-12(8-13)5-3-10(16)4-6-12/h3-8H2,1-2H3. The van der Waals surface area contributed by atoms with E-state index in [0.717, 1.165) is 38.5 Å². The lowest BCUT2D eigenvalue weighted by Crippen LogP contribution is -2.59. The average molecular weight is 234 g/mol. The summed E-state index contributed by atoms with van der Waals surface area (Å²) >= 11 is 0. The maximum Gasteiger partial charge on any atom is 0.269 e. The van der Waals surface area contributed by atoms with E-state index in [1.807, 2.05) is 7.05 Å². The Morgan fingerprint density at radius 1 is 1.18 bits per heavy atom. The second-order valence-electron chi connectivity index (χ2n) is 5.94. The van der Waals surface area contributed by atoms with E-state index in [9.17, 15) is 9.59 Å². The summed E-state index contributed by atoms with van der Waals surface area (Å²) in [6.45, 7) is 1.79. The van der Waals surface area contributed by atoms with Crippen molar-refractivity contribution in [3.8, 4) is 0 Å². The summed E-state index contributed by atoms with van der Waals surface area (Å²) in [5.74, 6) is 0.457. The number of Topliss-reactive ketones (excluding diaryl/α,β-unsaturated/α-hetero) is 1. The first-order chi connectivity index (χ1) is 7.96. The highest BCUT2D eigenvalue weighted by molar-refractivity contribution is 6.39. The summed E-state index contributed by atoms with van der Waals surface area (Å²) in [4.78, 5) is 29.4. The summed E-state index contributed by atoms with van der Waals surface area (Å²) in [6, 6.07) is 0. The fraction of sp³-hybridized carbons (Fsp3) is 0.769. The fourth-order valence-electron chi connectivity index (χ4n) is 3.75. The third kappa shape index (κ3) is 1.39. The second-order valence-corrected chi connectivity index (χ2v) is 5.94. The Morgan fingerprint density at radius 3 is 2.24 bits per heavy atom. The molecular formula is C13H18N2O2. The van der Waals surface area contributed by atoms with Crippen LogP contribution < -0.4 is 0 Å². The monoisotopic (exact) mass is 234 g/mol. The molecule has 0 saturated heterocycles. The fourth-order valence-corrected chi connectivity index (χ4v) is 3.75. The van der Waals surface area contributed by atoms with Crippen LogP contribution in [-0.2, 0) is 9.59 Å². The van der Waals surface area contributed by atoms with E-state index in [1.54, 1.807) is 11.8 Å². The zero-order chi connectivity index (χ0) is 12.3. The van der Waals surface area contributed by atoms with Gasteiger partial charge in [0, 0.05) is 19.9 Å². The quantitative estimate of drug-likeness (QED) is 0.638. The molecule has 1 aliphatic heterocycles. The Balaban J connectivity index is 1.76. The van der Waals surface area contributed by atoms with Gasteiger partial charge in [-0.3, -0.25) is 14.6 Å². The molecule has 0 atom stereocenters. The molecule has 0 aromatic heterocycles. The van der Waals surface area contributed by atoms with Gasteiger partial charge in [-0.2, -0.15) is 0 Å². The Labute approximate surface area is 101 Å². The lowest BCUT2D eigenvalue weighted by Gasteiger charge is -2.57. The van der Waals surface area contributed by atoms with E-state index in [2.05, 4.69) is 4.99 Å². The third-order valence-corrected chi connectivity index (χ3v) is 4.80. The van der Waals surface area contributed by atoms with Crippen LogP contribution in [0.4, 0.5) is 0 Å². The van der Waals surface area contributed by atoms with E-state index in [4.69, 9.17) is 0 Å². The summed E-state index contributed by atoms with van der Waals surface area (Å²) < 4.78 is 0. The molecule has 2 saturated carbocycles. The molecule has 1 heterocycles. The zero-order valence-corrected chi connectivity index (χ0v) is 10.5. The number of aliphatic imine (C=N–C) groups is 1. The van der Waals surface area contributed by atoms with Crippen molar-refractivity contribution in [2.24, 2.45) is 10.4 Å². The molecule has 3 aliphatic rings. The van der Waals surface area contributed by atoms with Gasteiger partial charge < -0.3 is 4.90 Å². The Bertz CT molecular complexity index is 421. The second kappa shape index (κ2) is 3.18. The number of hydrogen-bond donors (Lipinski definition) is 0. The average Bonchev–Trinajstić information content (AvgIpc) is 2.47. The molecule has 0 N–H and O–H groups in total. The molecule has 3 rings (SSSR count). The molecule has 1 amide bonds. The summed E-state index contributed by atoms with van der Waals surface area (Å²) in [5, 5.41) is 0. The molecule has 4 nitrogen and oxygen atoms in total. The third-order valence-electron chi connectivity index (χ3n) is 4.80.